The van der Waals surface area contributed by atoms with Crippen LogP contribution >= 0.6 is 0 Å². The van der Waals surface area contributed by atoms with Gasteiger partial charge in [0, 0.05) is 63.2 Å². The van der Waals surface area contributed by atoms with E-state index >= 15 is 0 Å². The van der Waals surface area contributed by atoms with Gasteiger partial charge in [0.2, 0.25) is 0 Å². The van der Waals surface area contributed by atoms with Crippen LogP contribution in [0.5, 0.6) is 11.5 Å². The third kappa shape index (κ3) is 6.98. The fraction of sp³-hybridized carbons (Fsp3) is 0.114. The van der Waals surface area contributed by atoms with E-state index < -0.39 is 0 Å². The van der Waals surface area contributed by atoms with Crippen LogP contribution in [-0.4, -0.2) is 18.8 Å². The molecule has 0 aromatic heterocycles. The first-order valence-electron chi connectivity index (χ1n) is 26.9. The first kappa shape index (κ1) is 43.8. The summed E-state index contributed by atoms with van der Waals surface area (Å²) in [5.41, 5.74) is 23.0. The molecule has 0 bridgehead atoms. The molecule has 4 aliphatic heterocycles. The second kappa shape index (κ2) is 17.7. The molecule has 0 saturated heterocycles. The highest BCUT2D eigenvalue weighted by molar-refractivity contribution is 6.99. The molecule has 4 atom stereocenters. The second-order valence-corrected chi connectivity index (χ2v) is 20.9. The third-order valence-corrected chi connectivity index (χ3v) is 16.7. The highest BCUT2D eigenvalue weighted by Gasteiger charge is 2.46. The van der Waals surface area contributed by atoms with Crippen molar-refractivity contribution in [3.63, 3.8) is 0 Å². The predicted molar refractivity (Wildman–Crippen MR) is 314 cm³/mol. The maximum Gasteiger partial charge on any atom is 0.256 e. The Balaban J connectivity index is 1.01. The molecule has 75 heavy (non-hydrogen) atoms. The van der Waals surface area contributed by atoms with Crippen LogP contribution in [0, 0.1) is 0 Å². The number of para-hydroxylation sites is 2. The van der Waals surface area contributed by atoms with Gasteiger partial charge in [0.25, 0.3) is 6.71 Å². The van der Waals surface area contributed by atoms with Crippen LogP contribution in [0.3, 0.4) is 0 Å². The van der Waals surface area contributed by atoms with Crippen molar-refractivity contribution in [3.8, 4) is 44.9 Å². The van der Waals surface area contributed by atoms with E-state index in [-0.39, 0.29) is 24.7 Å². The number of anilines is 7. The van der Waals surface area contributed by atoms with E-state index in [0.717, 1.165) is 53.3 Å². The lowest BCUT2D eigenvalue weighted by atomic mass is 9.34. The van der Waals surface area contributed by atoms with E-state index in [2.05, 4.69) is 270 Å². The molecule has 358 valence electrons. The molecule has 0 amide bonds. The van der Waals surface area contributed by atoms with Gasteiger partial charge in [-0.3, -0.25) is 0 Å². The quantitative estimate of drug-likeness (QED) is 0.134. The highest BCUT2D eigenvalue weighted by atomic mass is 16.5. The lowest BCUT2D eigenvalue weighted by molar-refractivity contribution is 0.486. The van der Waals surface area contributed by atoms with Crippen molar-refractivity contribution in [3.05, 3.63) is 265 Å². The van der Waals surface area contributed by atoms with Crippen molar-refractivity contribution in [2.24, 2.45) is 0 Å². The highest BCUT2D eigenvalue weighted by Crippen LogP contribution is 2.54. The van der Waals surface area contributed by atoms with Crippen molar-refractivity contribution >= 4 is 62.9 Å². The Kier molecular flexibility index (Phi) is 10.3. The Bertz CT molecular complexity index is 3800. The van der Waals surface area contributed by atoms with E-state index in [4.69, 9.17) is 4.74 Å². The lowest BCUT2D eigenvalue weighted by Gasteiger charge is -2.42. The second-order valence-electron chi connectivity index (χ2n) is 20.9. The number of aryl methyl sites for hydroxylation is 1. The molecule has 0 saturated carbocycles. The number of rotatable bonds is 9. The summed E-state index contributed by atoms with van der Waals surface area (Å²) >= 11 is 0. The minimum atomic E-state index is -0.0930. The standard InChI is InChI=1S/C70H54BN3O/c1-2-3-21-46-40-66-69-68(41-46)75-67-45-52(73-63-34-19-15-30-55(63)56-31-16-20-35-64(56)73)37-39-60(67)71(69)59-38-36-51(72-61-32-17-13-28-53(61)54-29-14-18-33-62(54)72)44-65(59)74(66)70-57(48-24-9-5-10-25-48)42-50(47-22-7-4-8-23-47)43-58(70)49-26-11-6-12-27-49/h4-20,22-45,53,55,61,63H,2-3,21H2,1H3. The Morgan fingerprint density at radius 2 is 0.973 bits per heavy atom. The van der Waals surface area contributed by atoms with Gasteiger partial charge in [-0.1, -0.05) is 201 Å². The molecule has 4 heterocycles. The monoisotopic (exact) mass is 963 g/mol. The maximum absolute atomic E-state index is 7.47. The van der Waals surface area contributed by atoms with Gasteiger partial charge < -0.3 is 19.4 Å². The number of hydrogen-bond acceptors (Lipinski definition) is 4. The summed E-state index contributed by atoms with van der Waals surface area (Å²) in [6.45, 7) is 2.20. The number of allylic oxidation sites excluding steroid dienone is 4. The van der Waals surface area contributed by atoms with Gasteiger partial charge in [0.05, 0.1) is 17.8 Å². The summed E-state index contributed by atoms with van der Waals surface area (Å²) in [6.07, 6.45) is 21.5. The summed E-state index contributed by atoms with van der Waals surface area (Å²) in [4.78, 5) is 7.76. The zero-order valence-corrected chi connectivity index (χ0v) is 41.9. The van der Waals surface area contributed by atoms with Gasteiger partial charge in [-0.15, -0.1) is 0 Å². The Labute approximate surface area is 440 Å². The number of nitrogens with zero attached hydrogens (tertiary/aromatic N) is 3. The number of fused-ring (bicyclic) bond motifs is 10. The van der Waals surface area contributed by atoms with Crippen LogP contribution in [0.15, 0.2) is 249 Å². The summed E-state index contributed by atoms with van der Waals surface area (Å²) < 4.78 is 7.47. The average molecular weight is 964 g/mol. The molecule has 2 aliphatic carbocycles. The molecule has 15 rings (SSSR count). The van der Waals surface area contributed by atoms with Crippen molar-refractivity contribution in [1.82, 2.24) is 0 Å². The summed E-state index contributed by atoms with van der Waals surface area (Å²) in [5, 5.41) is 0. The number of ether oxygens (including phenoxy) is 1. The molecular weight excluding hydrogens is 910 g/mol. The topological polar surface area (TPSA) is 19.0 Å². The van der Waals surface area contributed by atoms with E-state index in [1.807, 2.05) is 0 Å². The van der Waals surface area contributed by atoms with Crippen LogP contribution in [0.2, 0.25) is 0 Å². The fourth-order valence-electron chi connectivity index (χ4n) is 13.4. The predicted octanol–water partition coefficient (Wildman–Crippen LogP) is 15.9. The Hall–Kier alpha value is -8.80. The normalized spacial score (nSPS) is 18.7. The first-order valence-corrected chi connectivity index (χ1v) is 26.9. The molecule has 9 aromatic rings. The van der Waals surface area contributed by atoms with Gasteiger partial charge in [-0.2, -0.15) is 0 Å². The molecule has 5 heteroatoms. The SMILES string of the molecule is CCCCc1cc2c3c(c1)N(c1c(-c4ccccc4)cc(-c4ccccc4)cc1-c1ccccc1)c1cc(N4c5ccccc5C5C=CC=CC54)ccc1B3c1ccc(N3c4ccccc4C4C=CC=CC43)cc1O2. The molecule has 0 fully saturated rings. The van der Waals surface area contributed by atoms with Gasteiger partial charge in [-0.05, 0) is 123 Å². The molecule has 0 spiro atoms. The van der Waals surface area contributed by atoms with Gasteiger partial charge in [0.1, 0.15) is 11.5 Å². The van der Waals surface area contributed by atoms with Crippen molar-refractivity contribution in [2.75, 3.05) is 14.7 Å². The molecule has 4 nitrogen and oxygen atoms in total. The summed E-state index contributed by atoms with van der Waals surface area (Å²) in [7, 11) is 0. The van der Waals surface area contributed by atoms with Crippen LogP contribution in [0.25, 0.3) is 33.4 Å². The lowest BCUT2D eigenvalue weighted by Crippen LogP contribution is -2.59. The fourth-order valence-corrected chi connectivity index (χ4v) is 13.4. The molecular formula is C70H54BN3O. The average Bonchev–Trinajstić information content (AvgIpc) is 4.06. The Morgan fingerprint density at radius 3 is 1.57 bits per heavy atom. The molecule has 6 aliphatic rings. The maximum atomic E-state index is 7.47. The summed E-state index contributed by atoms with van der Waals surface area (Å²) in [5.74, 6) is 2.41. The largest absolute Gasteiger partial charge is 0.458 e. The Morgan fingerprint density at radius 1 is 0.440 bits per heavy atom. The van der Waals surface area contributed by atoms with Crippen LogP contribution < -0.4 is 35.8 Å². The van der Waals surface area contributed by atoms with Crippen molar-refractivity contribution < 1.29 is 4.74 Å². The summed E-state index contributed by atoms with van der Waals surface area (Å²) in [6, 6.07) is 75.4. The molecule has 4 unspecified atom stereocenters. The van der Waals surface area contributed by atoms with Gasteiger partial charge in [0.15, 0.2) is 0 Å². The van der Waals surface area contributed by atoms with Crippen molar-refractivity contribution in [2.45, 2.75) is 50.1 Å². The van der Waals surface area contributed by atoms with E-state index in [1.165, 1.54) is 83.8 Å². The van der Waals surface area contributed by atoms with Gasteiger partial charge in [-0.25, -0.2) is 0 Å². The molecule has 0 N–H and O–H groups in total. The van der Waals surface area contributed by atoms with Crippen molar-refractivity contribution in [1.29, 1.82) is 0 Å². The van der Waals surface area contributed by atoms with Gasteiger partial charge >= 0.3 is 0 Å². The van der Waals surface area contributed by atoms with E-state index in [0.29, 0.717) is 5.92 Å². The van der Waals surface area contributed by atoms with E-state index in [9.17, 15) is 0 Å². The minimum absolute atomic E-state index is 0.0930. The zero-order chi connectivity index (χ0) is 49.6. The van der Waals surface area contributed by atoms with Crippen LogP contribution in [0.1, 0.15) is 48.3 Å². The molecule has 0 radical (unpaired) electrons. The minimum Gasteiger partial charge on any atom is -0.458 e. The zero-order valence-electron chi connectivity index (χ0n) is 41.9. The number of benzene rings is 9. The third-order valence-electron chi connectivity index (χ3n) is 16.7. The van der Waals surface area contributed by atoms with E-state index in [1.54, 1.807) is 0 Å². The van der Waals surface area contributed by atoms with Crippen LogP contribution in [0.4, 0.5) is 39.8 Å². The molecule has 9 aromatic carbocycles. The number of hydrogen-bond donors (Lipinski definition) is 0. The van der Waals surface area contributed by atoms with Crippen LogP contribution in [-0.2, 0) is 6.42 Å². The first-order chi connectivity index (χ1) is 37.2. The smallest absolute Gasteiger partial charge is 0.256 e. The number of unbranched alkanes of at least 4 members (excludes halogenated alkanes) is 1.